The van der Waals surface area contributed by atoms with E-state index >= 15 is 0 Å². The van der Waals surface area contributed by atoms with Gasteiger partial charge in [-0.05, 0) is 26.0 Å². The molecule has 0 spiro atoms. The summed E-state index contributed by atoms with van der Waals surface area (Å²) in [5.74, 6) is -0.858. The summed E-state index contributed by atoms with van der Waals surface area (Å²) in [6.45, 7) is 3.58. The lowest BCUT2D eigenvalue weighted by atomic mass is 10.3. The van der Waals surface area contributed by atoms with Crippen molar-refractivity contribution in [2.24, 2.45) is 0 Å². The van der Waals surface area contributed by atoms with Crippen LogP contribution in [0.3, 0.4) is 0 Å². The van der Waals surface area contributed by atoms with E-state index in [4.69, 9.17) is 4.74 Å². The van der Waals surface area contributed by atoms with Gasteiger partial charge >= 0.3 is 5.97 Å². The summed E-state index contributed by atoms with van der Waals surface area (Å²) in [6.07, 6.45) is 3.41. The first-order chi connectivity index (χ1) is 9.11. The quantitative estimate of drug-likeness (QED) is 0.834. The number of fused-ring (bicyclic) bond motifs is 1. The van der Waals surface area contributed by atoms with E-state index in [-0.39, 0.29) is 12.3 Å². The van der Waals surface area contributed by atoms with Crippen molar-refractivity contribution in [3.05, 3.63) is 36.3 Å². The zero-order valence-electron chi connectivity index (χ0n) is 10.8. The van der Waals surface area contributed by atoms with E-state index in [1.54, 1.807) is 36.7 Å². The average Bonchev–Trinajstić information content (AvgIpc) is 2.82. The van der Waals surface area contributed by atoms with Crippen molar-refractivity contribution in [3.8, 4) is 0 Å². The molecule has 0 aliphatic carbocycles. The maximum Gasteiger partial charge on any atom is 0.328 e. The van der Waals surface area contributed by atoms with Gasteiger partial charge in [-0.1, -0.05) is 6.07 Å². The number of imidazole rings is 1. The van der Waals surface area contributed by atoms with Gasteiger partial charge in [-0.3, -0.25) is 4.79 Å². The molecule has 2 aromatic rings. The van der Waals surface area contributed by atoms with E-state index in [2.05, 4.69) is 10.3 Å². The molecule has 0 bridgehead atoms. The summed E-state index contributed by atoms with van der Waals surface area (Å²) in [7, 11) is 0. The molecule has 0 aliphatic heterocycles. The van der Waals surface area contributed by atoms with Gasteiger partial charge in [0.1, 0.15) is 17.4 Å². The molecule has 2 rings (SSSR count). The van der Waals surface area contributed by atoms with Crippen LogP contribution in [-0.2, 0) is 9.53 Å². The predicted octanol–water partition coefficient (Wildman–Crippen LogP) is 1.02. The Bertz CT molecular complexity index is 573. The molecular formula is C13H15N3O3. The summed E-state index contributed by atoms with van der Waals surface area (Å²) in [4.78, 5) is 27.5. The largest absolute Gasteiger partial charge is 0.464 e. The van der Waals surface area contributed by atoms with E-state index in [1.165, 1.54) is 0 Å². The molecule has 0 saturated heterocycles. The first kappa shape index (κ1) is 13.1. The van der Waals surface area contributed by atoms with Gasteiger partial charge in [0.15, 0.2) is 0 Å². The van der Waals surface area contributed by atoms with Crippen molar-refractivity contribution < 1.29 is 14.3 Å². The Labute approximate surface area is 110 Å². The third-order valence-corrected chi connectivity index (χ3v) is 2.58. The molecule has 1 unspecified atom stereocenters. The van der Waals surface area contributed by atoms with Crippen LogP contribution in [0.5, 0.6) is 0 Å². The standard InChI is InChI=1S/C13H15N3O3/c1-3-19-13(18)9(2)14-12(17)10-8-16-7-5-4-6-11(16)15-10/h4-9H,3H2,1-2H3,(H,14,17). The van der Waals surface area contributed by atoms with Crippen molar-refractivity contribution in [2.75, 3.05) is 6.61 Å². The van der Waals surface area contributed by atoms with Crippen molar-refractivity contribution in [1.29, 1.82) is 0 Å². The molecular weight excluding hydrogens is 246 g/mol. The van der Waals surface area contributed by atoms with Crippen molar-refractivity contribution in [2.45, 2.75) is 19.9 Å². The van der Waals surface area contributed by atoms with Crippen LogP contribution in [-0.4, -0.2) is 33.9 Å². The summed E-state index contributed by atoms with van der Waals surface area (Å²) in [5, 5.41) is 2.55. The second-order valence-corrected chi connectivity index (χ2v) is 4.04. The Morgan fingerprint density at radius 3 is 2.95 bits per heavy atom. The Morgan fingerprint density at radius 2 is 2.26 bits per heavy atom. The van der Waals surface area contributed by atoms with Gasteiger partial charge < -0.3 is 14.5 Å². The van der Waals surface area contributed by atoms with Crippen LogP contribution in [0, 0.1) is 0 Å². The van der Waals surface area contributed by atoms with Crippen molar-refractivity contribution in [3.63, 3.8) is 0 Å². The number of amides is 1. The first-order valence-electron chi connectivity index (χ1n) is 6.03. The summed E-state index contributed by atoms with van der Waals surface area (Å²) < 4.78 is 6.56. The molecule has 0 saturated carbocycles. The topological polar surface area (TPSA) is 72.7 Å². The van der Waals surface area contributed by atoms with E-state index in [9.17, 15) is 9.59 Å². The van der Waals surface area contributed by atoms with Crippen molar-refractivity contribution in [1.82, 2.24) is 14.7 Å². The van der Waals surface area contributed by atoms with Crippen molar-refractivity contribution >= 4 is 17.5 Å². The fourth-order valence-electron chi connectivity index (χ4n) is 1.64. The highest BCUT2D eigenvalue weighted by Crippen LogP contribution is 2.04. The van der Waals surface area contributed by atoms with Gasteiger partial charge in [-0.25, -0.2) is 9.78 Å². The maximum atomic E-state index is 11.9. The zero-order valence-corrected chi connectivity index (χ0v) is 10.8. The van der Waals surface area contributed by atoms with Crippen LogP contribution in [0.4, 0.5) is 0 Å². The number of pyridine rings is 1. The van der Waals surface area contributed by atoms with Crippen LogP contribution in [0.1, 0.15) is 24.3 Å². The zero-order chi connectivity index (χ0) is 13.8. The van der Waals surface area contributed by atoms with Crippen LogP contribution < -0.4 is 5.32 Å². The molecule has 0 aromatic carbocycles. The van der Waals surface area contributed by atoms with E-state index < -0.39 is 17.9 Å². The molecule has 100 valence electrons. The molecule has 6 nitrogen and oxygen atoms in total. The van der Waals surface area contributed by atoms with Crippen LogP contribution >= 0.6 is 0 Å². The van der Waals surface area contributed by atoms with E-state index in [1.807, 2.05) is 12.1 Å². The Kier molecular flexibility index (Phi) is 3.79. The molecule has 1 N–H and O–H groups in total. The number of carbonyl (C=O) groups excluding carboxylic acids is 2. The monoisotopic (exact) mass is 261 g/mol. The van der Waals surface area contributed by atoms with E-state index in [0.29, 0.717) is 5.65 Å². The Balaban J connectivity index is 2.09. The Morgan fingerprint density at radius 1 is 1.47 bits per heavy atom. The second kappa shape index (κ2) is 5.51. The second-order valence-electron chi connectivity index (χ2n) is 4.04. The lowest BCUT2D eigenvalue weighted by Crippen LogP contribution is -2.39. The minimum Gasteiger partial charge on any atom is -0.464 e. The summed E-state index contributed by atoms with van der Waals surface area (Å²) >= 11 is 0. The van der Waals surface area contributed by atoms with Gasteiger partial charge in [0.25, 0.3) is 5.91 Å². The number of ether oxygens (including phenoxy) is 1. The third-order valence-electron chi connectivity index (χ3n) is 2.58. The number of nitrogens with zero attached hydrogens (tertiary/aromatic N) is 2. The number of esters is 1. The molecule has 19 heavy (non-hydrogen) atoms. The Hall–Kier alpha value is -2.37. The molecule has 1 atom stereocenters. The number of rotatable bonds is 4. The molecule has 2 heterocycles. The minimum atomic E-state index is -0.697. The summed E-state index contributed by atoms with van der Waals surface area (Å²) in [6, 6.07) is 4.78. The predicted molar refractivity (Wildman–Crippen MR) is 68.8 cm³/mol. The third kappa shape index (κ3) is 2.90. The molecule has 0 radical (unpaired) electrons. The van der Waals surface area contributed by atoms with E-state index in [0.717, 1.165) is 0 Å². The molecule has 2 aromatic heterocycles. The number of aromatic nitrogens is 2. The minimum absolute atomic E-state index is 0.266. The highest BCUT2D eigenvalue weighted by atomic mass is 16.5. The summed E-state index contributed by atoms with van der Waals surface area (Å²) in [5.41, 5.74) is 0.943. The normalized spacial score (nSPS) is 12.1. The average molecular weight is 261 g/mol. The first-order valence-corrected chi connectivity index (χ1v) is 6.03. The fourth-order valence-corrected chi connectivity index (χ4v) is 1.64. The maximum absolute atomic E-state index is 11.9. The molecule has 6 heteroatoms. The molecule has 0 fully saturated rings. The smallest absolute Gasteiger partial charge is 0.328 e. The van der Waals surface area contributed by atoms with Crippen LogP contribution in [0.2, 0.25) is 0 Å². The SMILES string of the molecule is CCOC(=O)C(C)NC(=O)c1cn2ccccc2n1. The van der Waals surface area contributed by atoms with Gasteiger partial charge in [-0.15, -0.1) is 0 Å². The lowest BCUT2D eigenvalue weighted by molar-refractivity contribution is -0.144. The number of nitrogens with one attached hydrogen (secondary N) is 1. The number of hydrogen-bond donors (Lipinski definition) is 1. The number of hydrogen-bond acceptors (Lipinski definition) is 4. The van der Waals surface area contributed by atoms with Gasteiger partial charge in [-0.2, -0.15) is 0 Å². The van der Waals surface area contributed by atoms with Gasteiger partial charge in [0.2, 0.25) is 0 Å². The van der Waals surface area contributed by atoms with Gasteiger partial charge in [0.05, 0.1) is 6.61 Å². The molecule has 1 amide bonds. The highest BCUT2D eigenvalue weighted by molar-refractivity contribution is 5.95. The van der Waals surface area contributed by atoms with Gasteiger partial charge in [0, 0.05) is 12.4 Å². The lowest BCUT2D eigenvalue weighted by Gasteiger charge is -2.11. The fraction of sp³-hybridized carbons (Fsp3) is 0.308. The van der Waals surface area contributed by atoms with Crippen LogP contribution in [0.15, 0.2) is 30.6 Å². The van der Waals surface area contributed by atoms with Crippen LogP contribution in [0.25, 0.3) is 5.65 Å². The molecule has 0 aliphatic rings. The highest BCUT2D eigenvalue weighted by Gasteiger charge is 2.19. The number of carbonyl (C=O) groups is 2.